The number of benzene rings is 2. The fourth-order valence-electron chi connectivity index (χ4n) is 3.64. The van der Waals surface area contributed by atoms with Crippen molar-refractivity contribution >= 4 is 34.5 Å². The molecule has 0 atom stereocenters. The largest absolute Gasteiger partial charge is 0.370 e. The lowest BCUT2D eigenvalue weighted by atomic mass is 10.2. The summed E-state index contributed by atoms with van der Waals surface area (Å²) in [6.07, 6.45) is 0. The zero-order valence-electron chi connectivity index (χ0n) is 19.4. The van der Waals surface area contributed by atoms with Crippen LogP contribution < -0.4 is 15.1 Å². The first-order valence-corrected chi connectivity index (χ1v) is 11.7. The highest BCUT2D eigenvalue weighted by atomic mass is 32.2. The topological polar surface area (TPSA) is 25.0 Å². The second kappa shape index (κ2) is 10.4. The molecule has 6 heteroatoms. The molecule has 0 fully saturated rings. The van der Waals surface area contributed by atoms with Crippen molar-refractivity contribution in [3.8, 4) is 0 Å². The lowest BCUT2D eigenvalue weighted by Crippen LogP contribution is -2.31. The Labute approximate surface area is 187 Å². The van der Waals surface area contributed by atoms with Gasteiger partial charge < -0.3 is 24.9 Å². The molecule has 0 unspecified atom stereocenters. The molecule has 0 saturated carbocycles. The highest BCUT2D eigenvalue weighted by molar-refractivity contribution is 7.99. The average Bonchev–Trinajstić information content (AvgIpc) is 2.72. The van der Waals surface area contributed by atoms with E-state index >= 15 is 0 Å². The van der Waals surface area contributed by atoms with E-state index in [1.54, 1.807) is 0 Å². The van der Waals surface area contributed by atoms with Crippen molar-refractivity contribution in [2.45, 2.75) is 23.6 Å². The Hall–Kier alpha value is -1.89. The van der Waals surface area contributed by atoms with Gasteiger partial charge in [-0.2, -0.15) is 0 Å². The molecule has 0 amide bonds. The van der Waals surface area contributed by atoms with Gasteiger partial charge in [0.15, 0.2) is 0 Å². The van der Waals surface area contributed by atoms with Crippen LogP contribution in [0.2, 0.25) is 0 Å². The van der Waals surface area contributed by atoms with Crippen LogP contribution in [0.1, 0.15) is 13.8 Å². The predicted molar refractivity (Wildman–Crippen MR) is 133 cm³/mol. The van der Waals surface area contributed by atoms with Gasteiger partial charge in [0.05, 0.1) is 11.4 Å². The van der Waals surface area contributed by atoms with Crippen molar-refractivity contribution in [1.29, 1.82) is 0 Å². The standard InChI is InChI=1S/C24H37N5S/c1-7-28(15-13-26(3)4)19-9-11-21-23(17-19)30-24-18-20(10-12-22(24)25-21)29(8-2)16-14-27(5)6/h9-12,17-18,25H,7-8,13-16H2,1-6H3. The second-order valence-corrected chi connectivity index (χ2v) is 9.44. The maximum Gasteiger partial charge on any atom is 0.0527 e. The number of likely N-dealkylation sites (N-methyl/N-ethyl adjacent to an activating group) is 4. The maximum atomic E-state index is 3.63. The quantitative estimate of drug-likeness (QED) is 0.505. The van der Waals surface area contributed by atoms with Crippen molar-refractivity contribution in [2.24, 2.45) is 0 Å². The Morgan fingerprint density at radius 3 is 1.47 bits per heavy atom. The number of fused-ring (bicyclic) bond motifs is 2. The molecule has 5 nitrogen and oxygen atoms in total. The number of rotatable bonds is 10. The fraction of sp³-hybridized carbons (Fsp3) is 0.500. The van der Waals surface area contributed by atoms with Crippen molar-refractivity contribution in [3.05, 3.63) is 36.4 Å². The first-order chi connectivity index (χ1) is 14.4. The Balaban J connectivity index is 1.79. The minimum Gasteiger partial charge on any atom is -0.370 e. The maximum absolute atomic E-state index is 3.63. The molecule has 164 valence electrons. The molecule has 30 heavy (non-hydrogen) atoms. The predicted octanol–water partition coefficient (Wildman–Crippen LogP) is 4.67. The summed E-state index contributed by atoms with van der Waals surface area (Å²) >= 11 is 1.88. The minimum absolute atomic E-state index is 1.02. The van der Waals surface area contributed by atoms with Crippen LogP contribution in [-0.4, -0.2) is 77.3 Å². The van der Waals surface area contributed by atoms with Crippen LogP contribution in [0, 0.1) is 0 Å². The van der Waals surface area contributed by atoms with Gasteiger partial charge in [0.1, 0.15) is 0 Å². The summed E-state index contributed by atoms with van der Waals surface area (Å²) in [6.45, 7) is 10.7. The zero-order chi connectivity index (χ0) is 21.7. The molecule has 0 aromatic heterocycles. The number of nitrogens with zero attached hydrogens (tertiary/aromatic N) is 4. The van der Waals surface area contributed by atoms with E-state index in [0.29, 0.717) is 0 Å². The van der Waals surface area contributed by atoms with Gasteiger partial charge in [-0.1, -0.05) is 11.8 Å². The normalized spacial score (nSPS) is 12.5. The number of nitrogens with one attached hydrogen (secondary N) is 1. The third-order valence-electron chi connectivity index (χ3n) is 5.55. The third kappa shape index (κ3) is 5.62. The number of hydrogen-bond acceptors (Lipinski definition) is 6. The van der Waals surface area contributed by atoms with Crippen molar-refractivity contribution < 1.29 is 0 Å². The molecule has 0 radical (unpaired) electrons. The molecular formula is C24H37N5S. The van der Waals surface area contributed by atoms with Crippen LogP contribution in [0.5, 0.6) is 0 Å². The molecule has 1 N–H and O–H groups in total. The summed E-state index contributed by atoms with van der Waals surface area (Å²) in [4.78, 5) is 12.0. The summed E-state index contributed by atoms with van der Waals surface area (Å²) in [5.74, 6) is 0. The van der Waals surface area contributed by atoms with Crippen LogP contribution in [-0.2, 0) is 0 Å². The van der Waals surface area contributed by atoms with E-state index in [2.05, 4.69) is 103 Å². The zero-order valence-corrected chi connectivity index (χ0v) is 20.2. The number of anilines is 4. The van der Waals surface area contributed by atoms with Crippen LogP contribution in [0.4, 0.5) is 22.7 Å². The van der Waals surface area contributed by atoms with E-state index < -0.39 is 0 Å². The highest BCUT2D eigenvalue weighted by Gasteiger charge is 2.19. The lowest BCUT2D eigenvalue weighted by Gasteiger charge is -2.29. The van der Waals surface area contributed by atoms with E-state index in [9.17, 15) is 0 Å². The molecular weight excluding hydrogens is 390 g/mol. The van der Waals surface area contributed by atoms with Gasteiger partial charge in [-0.15, -0.1) is 0 Å². The van der Waals surface area contributed by atoms with Crippen LogP contribution in [0.3, 0.4) is 0 Å². The minimum atomic E-state index is 1.02. The smallest absolute Gasteiger partial charge is 0.0527 e. The molecule has 0 bridgehead atoms. The molecule has 0 saturated heterocycles. The van der Waals surface area contributed by atoms with Gasteiger partial charge in [0, 0.05) is 60.4 Å². The van der Waals surface area contributed by atoms with Crippen molar-refractivity contribution in [3.63, 3.8) is 0 Å². The molecule has 1 aliphatic heterocycles. The Morgan fingerprint density at radius 2 is 1.10 bits per heavy atom. The SMILES string of the molecule is CCN(CCN(C)C)c1ccc2c(c1)Sc1cc(N(CC)CCN(C)C)ccc1N2. The fourth-order valence-corrected chi connectivity index (χ4v) is 4.69. The summed E-state index contributed by atoms with van der Waals surface area (Å²) < 4.78 is 0. The summed E-state index contributed by atoms with van der Waals surface area (Å²) in [5, 5.41) is 3.63. The first kappa shape index (κ1) is 22.8. The van der Waals surface area contributed by atoms with Gasteiger partial charge in [-0.25, -0.2) is 0 Å². The lowest BCUT2D eigenvalue weighted by molar-refractivity contribution is 0.414. The molecule has 0 spiro atoms. The molecule has 1 heterocycles. The second-order valence-electron chi connectivity index (χ2n) is 8.35. The van der Waals surface area contributed by atoms with Gasteiger partial charge in [0.2, 0.25) is 0 Å². The van der Waals surface area contributed by atoms with Gasteiger partial charge in [-0.05, 0) is 78.4 Å². The first-order valence-electron chi connectivity index (χ1n) is 10.9. The molecule has 0 aliphatic carbocycles. The van der Waals surface area contributed by atoms with Crippen molar-refractivity contribution in [2.75, 3.05) is 82.6 Å². The summed E-state index contributed by atoms with van der Waals surface area (Å²) in [5.41, 5.74) is 5.00. The Kier molecular flexibility index (Phi) is 7.92. The summed E-state index contributed by atoms with van der Waals surface area (Å²) in [6, 6.07) is 13.6. The van der Waals surface area contributed by atoms with E-state index in [0.717, 1.165) is 39.3 Å². The van der Waals surface area contributed by atoms with Crippen LogP contribution >= 0.6 is 11.8 Å². The van der Waals surface area contributed by atoms with Gasteiger partial charge >= 0.3 is 0 Å². The monoisotopic (exact) mass is 427 g/mol. The average molecular weight is 428 g/mol. The molecule has 1 aliphatic rings. The molecule has 2 aromatic carbocycles. The van der Waals surface area contributed by atoms with Crippen LogP contribution in [0.15, 0.2) is 46.2 Å². The third-order valence-corrected chi connectivity index (χ3v) is 6.66. The van der Waals surface area contributed by atoms with E-state index in [1.165, 1.54) is 32.5 Å². The van der Waals surface area contributed by atoms with E-state index in [4.69, 9.17) is 0 Å². The van der Waals surface area contributed by atoms with E-state index in [1.807, 2.05) is 11.8 Å². The Morgan fingerprint density at radius 1 is 0.667 bits per heavy atom. The number of hydrogen-bond donors (Lipinski definition) is 1. The summed E-state index contributed by atoms with van der Waals surface area (Å²) in [7, 11) is 8.53. The van der Waals surface area contributed by atoms with Crippen LogP contribution in [0.25, 0.3) is 0 Å². The van der Waals surface area contributed by atoms with Crippen molar-refractivity contribution in [1.82, 2.24) is 9.80 Å². The Bertz CT molecular complexity index is 769. The van der Waals surface area contributed by atoms with Gasteiger partial charge in [-0.3, -0.25) is 0 Å². The van der Waals surface area contributed by atoms with E-state index in [-0.39, 0.29) is 0 Å². The highest BCUT2D eigenvalue weighted by Crippen LogP contribution is 2.46. The van der Waals surface area contributed by atoms with Gasteiger partial charge in [0.25, 0.3) is 0 Å². The molecule has 2 aromatic rings. The molecule has 3 rings (SSSR count).